The van der Waals surface area contributed by atoms with Crippen LogP contribution in [0, 0.1) is 0 Å². The van der Waals surface area contributed by atoms with Crippen LogP contribution < -0.4 is 0 Å². The highest BCUT2D eigenvalue weighted by Gasteiger charge is 2.10. The molecule has 0 heterocycles. The van der Waals surface area contributed by atoms with Crippen molar-refractivity contribution < 1.29 is 13.6 Å². The summed E-state index contributed by atoms with van der Waals surface area (Å²) in [5.41, 5.74) is 2.35. The molecule has 0 aliphatic rings. The van der Waals surface area contributed by atoms with Crippen molar-refractivity contribution in [2.24, 2.45) is 5.16 Å². The molecule has 2 aromatic rings. The zero-order chi connectivity index (χ0) is 15.1. The van der Waals surface area contributed by atoms with Crippen molar-refractivity contribution in [3.63, 3.8) is 0 Å². The van der Waals surface area contributed by atoms with Gasteiger partial charge in [-0.1, -0.05) is 60.6 Å². The van der Waals surface area contributed by atoms with E-state index >= 15 is 0 Å². The van der Waals surface area contributed by atoms with E-state index in [-0.39, 0.29) is 17.7 Å². The van der Waals surface area contributed by atoms with Gasteiger partial charge in [0.15, 0.2) is 0 Å². The van der Waals surface area contributed by atoms with Gasteiger partial charge in [0.05, 0.1) is 0 Å². The van der Waals surface area contributed by atoms with Crippen LogP contribution in [0.3, 0.4) is 0 Å². The maximum absolute atomic E-state index is 12.8. The molecule has 2 aromatic carbocycles. The van der Waals surface area contributed by atoms with E-state index in [4.69, 9.17) is 4.84 Å². The molecule has 0 aliphatic heterocycles. The van der Waals surface area contributed by atoms with Gasteiger partial charge in [-0.2, -0.15) is 0 Å². The summed E-state index contributed by atoms with van der Waals surface area (Å²) < 4.78 is 25.5. The Morgan fingerprint density at radius 2 is 1.86 bits per heavy atom. The molecular weight excluding hydrogens is 272 g/mol. The Morgan fingerprint density at radius 3 is 2.62 bits per heavy atom. The number of rotatable bonds is 6. The predicted molar refractivity (Wildman–Crippen MR) is 78.5 cm³/mol. The molecule has 1 radical (unpaired) electrons. The van der Waals surface area contributed by atoms with E-state index in [9.17, 15) is 8.78 Å². The third-order valence-electron chi connectivity index (χ3n) is 3.06. The van der Waals surface area contributed by atoms with Gasteiger partial charge in [0.1, 0.15) is 12.8 Å². The van der Waals surface area contributed by atoms with Crippen LogP contribution in [0.5, 0.6) is 0 Å². The first-order valence-electron chi connectivity index (χ1n) is 6.73. The largest absolute Gasteiger partial charge is 0.390 e. The number of nitrogens with zero attached hydrogens (tertiary/aromatic N) is 1. The summed E-state index contributed by atoms with van der Waals surface area (Å²) in [6.07, 6.45) is 0.915. The van der Waals surface area contributed by atoms with Gasteiger partial charge in [-0.3, -0.25) is 0 Å². The number of hydrogen-bond donors (Lipinski definition) is 0. The molecule has 21 heavy (non-hydrogen) atoms. The number of halogens is 2. The van der Waals surface area contributed by atoms with Crippen LogP contribution >= 0.6 is 0 Å². The quantitative estimate of drug-likeness (QED) is 0.561. The van der Waals surface area contributed by atoms with Gasteiger partial charge < -0.3 is 4.84 Å². The number of benzene rings is 2. The molecule has 0 spiro atoms. The molecule has 0 fully saturated rings. The Labute approximate surface area is 123 Å². The summed E-state index contributed by atoms with van der Waals surface area (Å²) >= 11 is 0. The fourth-order valence-corrected chi connectivity index (χ4v) is 1.92. The van der Waals surface area contributed by atoms with Crippen LogP contribution in [0.1, 0.15) is 35.6 Å². The predicted octanol–water partition coefficient (Wildman–Crippen LogP) is 4.61. The van der Waals surface area contributed by atoms with E-state index in [1.54, 1.807) is 12.1 Å². The van der Waals surface area contributed by atoms with Crippen LogP contribution in [-0.4, -0.2) is 6.21 Å². The second kappa shape index (κ2) is 7.53. The minimum Gasteiger partial charge on any atom is -0.390 e. The van der Waals surface area contributed by atoms with E-state index in [0.29, 0.717) is 0 Å². The highest BCUT2D eigenvalue weighted by atomic mass is 19.3. The van der Waals surface area contributed by atoms with Crippen molar-refractivity contribution in [3.8, 4) is 0 Å². The SMILES string of the molecule is CCc1cccc(CO/N=[C]\c2ccccc2C(F)F)c1. The van der Waals surface area contributed by atoms with Gasteiger partial charge in [0.2, 0.25) is 0 Å². The van der Waals surface area contributed by atoms with Crippen molar-refractivity contribution in [2.45, 2.75) is 26.4 Å². The lowest BCUT2D eigenvalue weighted by Gasteiger charge is -2.04. The fourth-order valence-electron chi connectivity index (χ4n) is 1.92. The average Bonchev–Trinajstić information content (AvgIpc) is 2.52. The summed E-state index contributed by atoms with van der Waals surface area (Å²) in [4.78, 5) is 5.13. The average molecular weight is 288 g/mol. The molecule has 0 saturated carbocycles. The molecular formula is C17H16F2NO. The van der Waals surface area contributed by atoms with Crippen LogP contribution in [-0.2, 0) is 17.9 Å². The summed E-state index contributed by atoms with van der Waals surface area (Å²) in [5.74, 6) is 0. The topological polar surface area (TPSA) is 21.6 Å². The smallest absolute Gasteiger partial charge is 0.264 e. The molecule has 0 N–H and O–H groups in total. The van der Waals surface area contributed by atoms with Gasteiger partial charge in [0, 0.05) is 11.1 Å². The van der Waals surface area contributed by atoms with E-state index < -0.39 is 6.43 Å². The third kappa shape index (κ3) is 4.38. The molecule has 2 rings (SSSR count). The summed E-state index contributed by atoms with van der Waals surface area (Å²) in [5, 5.41) is 3.65. The Hall–Kier alpha value is -2.23. The van der Waals surface area contributed by atoms with Crippen molar-refractivity contribution in [1.82, 2.24) is 0 Å². The normalized spacial score (nSPS) is 11.2. The Balaban J connectivity index is 1.97. The third-order valence-corrected chi connectivity index (χ3v) is 3.06. The minimum absolute atomic E-state index is 0.0992. The summed E-state index contributed by atoms with van der Waals surface area (Å²) in [6, 6.07) is 14.1. The van der Waals surface area contributed by atoms with Gasteiger partial charge in [-0.15, -0.1) is 0 Å². The molecule has 0 amide bonds. The Morgan fingerprint density at radius 1 is 1.10 bits per heavy atom. The van der Waals surface area contributed by atoms with Crippen molar-refractivity contribution >= 4 is 6.21 Å². The molecule has 2 nitrogen and oxygen atoms in total. The molecule has 0 atom stereocenters. The first kappa shape index (κ1) is 15.2. The van der Waals surface area contributed by atoms with Crippen LogP contribution in [0.25, 0.3) is 0 Å². The van der Waals surface area contributed by atoms with E-state index in [1.807, 2.05) is 24.3 Å². The van der Waals surface area contributed by atoms with Gasteiger partial charge in [-0.25, -0.2) is 8.78 Å². The molecule has 109 valence electrons. The van der Waals surface area contributed by atoms with Gasteiger partial charge >= 0.3 is 0 Å². The summed E-state index contributed by atoms with van der Waals surface area (Å²) in [6.45, 7) is 2.37. The maximum atomic E-state index is 12.8. The lowest BCUT2D eigenvalue weighted by atomic mass is 10.1. The molecule has 0 unspecified atom stereocenters. The first-order chi connectivity index (χ1) is 10.2. The molecule has 0 aromatic heterocycles. The molecule has 4 heteroatoms. The maximum Gasteiger partial charge on any atom is 0.264 e. The number of hydrogen-bond acceptors (Lipinski definition) is 2. The van der Waals surface area contributed by atoms with Crippen LogP contribution in [0.4, 0.5) is 8.78 Å². The van der Waals surface area contributed by atoms with Gasteiger partial charge in [-0.05, 0) is 17.5 Å². The Bertz CT molecular complexity index is 611. The second-order valence-corrected chi connectivity index (χ2v) is 4.54. The van der Waals surface area contributed by atoms with Crippen LogP contribution in [0.2, 0.25) is 0 Å². The van der Waals surface area contributed by atoms with E-state index in [0.717, 1.165) is 12.0 Å². The Kier molecular flexibility index (Phi) is 5.43. The zero-order valence-corrected chi connectivity index (χ0v) is 11.7. The van der Waals surface area contributed by atoms with Crippen molar-refractivity contribution in [3.05, 3.63) is 70.8 Å². The molecule has 0 aliphatic carbocycles. The second-order valence-electron chi connectivity index (χ2n) is 4.54. The van der Waals surface area contributed by atoms with Crippen molar-refractivity contribution in [2.75, 3.05) is 0 Å². The van der Waals surface area contributed by atoms with E-state index in [2.05, 4.69) is 18.3 Å². The fraction of sp³-hybridized carbons (Fsp3) is 0.235. The highest BCUT2D eigenvalue weighted by Crippen LogP contribution is 2.21. The lowest BCUT2D eigenvalue weighted by Crippen LogP contribution is -1.94. The summed E-state index contributed by atoms with van der Waals surface area (Å²) in [7, 11) is 0. The van der Waals surface area contributed by atoms with Gasteiger partial charge in [0.25, 0.3) is 6.43 Å². The zero-order valence-electron chi connectivity index (χ0n) is 11.7. The van der Waals surface area contributed by atoms with Crippen LogP contribution in [0.15, 0.2) is 53.7 Å². The molecule has 0 saturated heterocycles. The monoisotopic (exact) mass is 288 g/mol. The molecule has 0 bridgehead atoms. The minimum atomic E-state index is -2.55. The lowest BCUT2D eigenvalue weighted by molar-refractivity contribution is 0.131. The number of aryl methyl sites for hydroxylation is 1. The highest BCUT2D eigenvalue weighted by molar-refractivity contribution is 5.81. The van der Waals surface area contributed by atoms with Crippen molar-refractivity contribution in [1.29, 1.82) is 0 Å². The standard InChI is InChI=1S/C17H16F2NO/c1-2-13-6-5-7-14(10-13)12-21-20-11-15-8-3-4-9-16(15)17(18)19/h3-10,17H,2,12H2,1H3. The number of alkyl halides is 2. The first-order valence-corrected chi connectivity index (χ1v) is 6.73. The van der Waals surface area contributed by atoms with E-state index in [1.165, 1.54) is 17.7 Å².